The largest absolute Gasteiger partial charge is 1.00 e. The van der Waals surface area contributed by atoms with Gasteiger partial charge in [0.25, 0.3) is 0 Å². The van der Waals surface area contributed by atoms with E-state index in [2.05, 4.69) is 5.10 Å². The summed E-state index contributed by atoms with van der Waals surface area (Å²) in [7, 11) is 0. The van der Waals surface area contributed by atoms with Crippen LogP contribution in [0.25, 0.3) is 5.69 Å². The summed E-state index contributed by atoms with van der Waals surface area (Å²) in [5.74, 6) is -2.74. The Labute approximate surface area is 137 Å². The quantitative estimate of drug-likeness (QED) is 0.657. The van der Waals surface area contributed by atoms with E-state index in [0.717, 1.165) is 29.1 Å². The topological polar surface area (TPSA) is 57.9 Å². The van der Waals surface area contributed by atoms with E-state index in [-0.39, 0.29) is 46.5 Å². The van der Waals surface area contributed by atoms with E-state index in [4.69, 9.17) is 0 Å². The van der Waals surface area contributed by atoms with Gasteiger partial charge in [0.15, 0.2) is 0 Å². The molecule has 2 rings (SSSR count). The average molecular weight is 290 g/mol. The summed E-state index contributed by atoms with van der Waals surface area (Å²) in [5.41, 5.74) is -0.127. The number of aromatic carboxylic acids is 1. The van der Waals surface area contributed by atoms with Crippen molar-refractivity contribution in [1.29, 1.82) is 0 Å². The molecular formula is C13H13F2N2NaO2. The first kappa shape index (κ1) is 18.8. The standard InChI is InChI=1S/C11H8F2N2O2.C2H6.Na/c1-6-8(11(16)17)5-14-15(6)10-4-7(12)2-3-9(10)13;1-2;/h2-5H,1H3,(H,16,17);1-2H3;/q;;+1/p-1. The molecule has 0 aliphatic heterocycles. The minimum atomic E-state index is -1.41. The number of carbonyl (C=O) groups excluding carboxylic acids is 1. The molecule has 0 saturated heterocycles. The average Bonchev–Trinajstić information content (AvgIpc) is 2.77. The van der Waals surface area contributed by atoms with Crippen LogP contribution in [0.3, 0.4) is 0 Å². The number of aromatic nitrogens is 2. The van der Waals surface area contributed by atoms with Gasteiger partial charge in [0, 0.05) is 11.6 Å². The van der Waals surface area contributed by atoms with Crippen LogP contribution in [0.2, 0.25) is 0 Å². The third kappa shape index (κ3) is 3.88. The Balaban J connectivity index is 0.00000115. The second-order valence-electron chi connectivity index (χ2n) is 3.44. The second kappa shape index (κ2) is 8.14. The van der Waals surface area contributed by atoms with E-state index in [1.165, 1.54) is 6.92 Å². The number of nitrogens with zero attached hydrogens (tertiary/aromatic N) is 2. The first-order valence-corrected chi connectivity index (χ1v) is 5.72. The van der Waals surface area contributed by atoms with Crippen molar-refractivity contribution in [3.8, 4) is 5.69 Å². The van der Waals surface area contributed by atoms with Crippen LogP contribution in [0, 0.1) is 18.6 Å². The fourth-order valence-corrected chi connectivity index (χ4v) is 1.50. The van der Waals surface area contributed by atoms with Crippen molar-refractivity contribution in [2.45, 2.75) is 20.8 Å². The van der Waals surface area contributed by atoms with Crippen molar-refractivity contribution in [2.24, 2.45) is 0 Å². The summed E-state index contributed by atoms with van der Waals surface area (Å²) < 4.78 is 27.5. The van der Waals surface area contributed by atoms with Gasteiger partial charge in [0.1, 0.15) is 17.3 Å². The van der Waals surface area contributed by atoms with Crippen LogP contribution in [0.4, 0.5) is 8.78 Å². The first-order chi connectivity index (χ1) is 9.00. The summed E-state index contributed by atoms with van der Waals surface area (Å²) in [4.78, 5) is 10.7. The molecule has 7 heteroatoms. The molecule has 20 heavy (non-hydrogen) atoms. The Morgan fingerprint density at radius 1 is 1.30 bits per heavy atom. The van der Waals surface area contributed by atoms with Crippen molar-refractivity contribution in [3.63, 3.8) is 0 Å². The van der Waals surface area contributed by atoms with Gasteiger partial charge in [0.05, 0.1) is 17.9 Å². The molecule has 1 aromatic heterocycles. The maximum absolute atomic E-state index is 13.5. The maximum Gasteiger partial charge on any atom is 1.00 e. The summed E-state index contributed by atoms with van der Waals surface area (Å²) >= 11 is 0. The van der Waals surface area contributed by atoms with E-state index < -0.39 is 17.6 Å². The van der Waals surface area contributed by atoms with Gasteiger partial charge < -0.3 is 9.90 Å². The van der Waals surface area contributed by atoms with Gasteiger partial charge in [-0.1, -0.05) is 13.8 Å². The molecule has 0 bridgehead atoms. The van der Waals surface area contributed by atoms with Crippen LogP contribution in [0.5, 0.6) is 0 Å². The van der Waals surface area contributed by atoms with Crippen molar-refractivity contribution in [1.82, 2.24) is 9.78 Å². The predicted molar refractivity (Wildman–Crippen MR) is 63.9 cm³/mol. The number of carboxylic acids is 1. The molecule has 0 atom stereocenters. The van der Waals surface area contributed by atoms with Crippen LogP contribution in [0.15, 0.2) is 24.4 Å². The van der Waals surface area contributed by atoms with Crippen LogP contribution in [-0.2, 0) is 0 Å². The molecule has 0 radical (unpaired) electrons. The van der Waals surface area contributed by atoms with Gasteiger partial charge in [-0.05, 0) is 19.1 Å². The molecule has 1 aromatic carbocycles. The molecule has 0 saturated carbocycles. The SMILES string of the molecule is CC.Cc1c(C(=O)[O-])cnn1-c1cc(F)ccc1F.[Na+]. The van der Waals surface area contributed by atoms with E-state index in [9.17, 15) is 18.7 Å². The number of halogens is 2. The molecule has 0 spiro atoms. The maximum atomic E-state index is 13.5. The Morgan fingerprint density at radius 3 is 2.40 bits per heavy atom. The van der Waals surface area contributed by atoms with Crippen LogP contribution in [0.1, 0.15) is 29.9 Å². The van der Waals surface area contributed by atoms with Gasteiger partial charge in [-0.15, -0.1) is 0 Å². The summed E-state index contributed by atoms with van der Waals surface area (Å²) in [6, 6.07) is 2.86. The Morgan fingerprint density at radius 2 is 1.90 bits per heavy atom. The molecule has 2 aromatic rings. The smallest absolute Gasteiger partial charge is 0.545 e. The monoisotopic (exact) mass is 290 g/mol. The van der Waals surface area contributed by atoms with Gasteiger partial charge in [-0.2, -0.15) is 5.10 Å². The van der Waals surface area contributed by atoms with E-state index in [1.807, 2.05) is 13.8 Å². The van der Waals surface area contributed by atoms with Crippen molar-refractivity contribution >= 4 is 5.97 Å². The molecule has 102 valence electrons. The van der Waals surface area contributed by atoms with Crippen molar-refractivity contribution < 1.29 is 48.2 Å². The van der Waals surface area contributed by atoms with Gasteiger partial charge in [-0.25, -0.2) is 13.5 Å². The number of benzene rings is 1. The van der Waals surface area contributed by atoms with E-state index in [0.29, 0.717) is 0 Å². The number of hydrogen-bond acceptors (Lipinski definition) is 3. The molecule has 4 nitrogen and oxygen atoms in total. The number of carbonyl (C=O) groups is 1. The third-order valence-corrected chi connectivity index (χ3v) is 2.37. The second-order valence-corrected chi connectivity index (χ2v) is 3.44. The zero-order valence-corrected chi connectivity index (χ0v) is 13.8. The van der Waals surface area contributed by atoms with E-state index in [1.54, 1.807) is 0 Å². The Kier molecular flexibility index (Phi) is 7.63. The molecule has 0 aliphatic carbocycles. The van der Waals surface area contributed by atoms with Gasteiger partial charge >= 0.3 is 29.6 Å². The summed E-state index contributed by atoms with van der Waals surface area (Å²) in [5, 5.41) is 14.4. The zero-order chi connectivity index (χ0) is 14.6. The number of hydrogen-bond donors (Lipinski definition) is 0. The van der Waals surface area contributed by atoms with E-state index >= 15 is 0 Å². The Bertz CT molecular complexity index is 600. The van der Waals surface area contributed by atoms with Gasteiger partial charge in [-0.3, -0.25) is 0 Å². The van der Waals surface area contributed by atoms with Gasteiger partial charge in [0.2, 0.25) is 0 Å². The molecule has 1 heterocycles. The molecule has 0 N–H and O–H groups in total. The zero-order valence-electron chi connectivity index (χ0n) is 11.8. The van der Waals surface area contributed by atoms with Crippen molar-refractivity contribution in [2.75, 3.05) is 0 Å². The first-order valence-electron chi connectivity index (χ1n) is 5.72. The minimum absolute atomic E-state index is 0. The predicted octanol–water partition coefficient (Wildman–Crippen LogP) is -1.15. The van der Waals surface area contributed by atoms with Crippen LogP contribution < -0.4 is 34.7 Å². The molecule has 0 fully saturated rings. The fourth-order valence-electron chi connectivity index (χ4n) is 1.50. The molecular weight excluding hydrogens is 277 g/mol. The molecule has 0 amide bonds. The third-order valence-electron chi connectivity index (χ3n) is 2.37. The molecule has 0 unspecified atom stereocenters. The van der Waals surface area contributed by atoms with Crippen LogP contribution in [-0.4, -0.2) is 15.7 Å². The summed E-state index contributed by atoms with van der Waals surface area (Å²) in [6.45, 7) is 5.43. The fraction of sp³-hybridized carbons (Fsp3) is 0.231. The van der Waals surface area contributed by atoms with Crippen molar-refractivity contribution in [3.05, 3.63) is 47.3 Å². The summed E-state index contributed by atoms with van der Waals surface area (Å²) in [6.07, 6.45) is 1.04. The van der Waals surface area contributed by atoms with Crippen LogP contribution >= 0.6 is 0 Å². The Hall–Kier alpha value is -1.24. The molecule has 0 aliphatic rings. The minimum Gasteiger partial charge on any atom is -0.545 e. The number of carboxylic acid groups (broad SMARTS) is 1. The number of rotatable bonds is 2. The normalized spacial score (nSPS) is 9.25.